The van der Waals surface area contributed by atoms with E-state index in [9.17, 15) is 0 Å². The van der Waals surface area contributed by atoms with Gasteiger partial charge in [0.15, 0.2) is 0 Å². The molecule has 2 aromatic heterocycles. The van der Waals surface area contributed by atoms with E-state index in [1.807, 2.05) is 20.0 Å². The molecular formula is C14H21N5S. The number of aromatic nitrogens is 3. The number of nitrogens with zero attached hydrogens (tertiary/aromatic N) is 3. The van der Waals surface area contributed by atoms with Gasteiger partial charge in [-0.3, -0.25) is 0 Å². The molecule has 0 saturated heterocycles. The lowest BCUT2D eigenvalue weighted by Gasteiger charge is -2.12. The topological polar surface area (TPSA) is 62.7 Å². The van der Waals surface area contributed by atoms with Gasteiger partial charge in [0.2, 0.25) is 0 Å². The van der Waals surface area contributed by atoms with Gasteiger partial charge in [-0.2, -0.15) is 0 Å². The molecule has 0 aliphatic heterocycles. The molecule has 0 atom stereocenters. The average Bonchev–Trinajstić information content (AvgIpc) is 2.89. The monoisotopic (exact) mass is 291 g/mol. The van der Waals surface area contributed by atoms with Gasteiger partial charge in [-0.15, -0.1) is 11.3 Å². The number of aryl methyl sites for hydroxylation is 2. The largest absolute Gasteiger partial charge is 0.370 e. The summed E-state index contributed by atoms with van der Waals surface area (Å²) in [4.78, 5) is 14.6. The molecule has 6 heteroatoms. The van der Waals surface area contributed by atoms with Crippen LogP contribution in [0.4, 0.5) is 11.6 Å². The summed E-state index contributed by atoms with van der Waals surface area (Å²) in [6.07, 6.45) is 2.98. The molecular weight excluding hydrogens is 270 g/mol. The van der Waals surface area contributed by atoms with Crippen LogP contribution in [-0.4, -0.2) is 21.5 Å². The minimum Gasteiger partial charge on any atom is -0.370 e. The van der Waals surface area contributed by atoms with Crippen molar-refractivity contribution in [3.8, 4) is 0 Å². The van der Waals surface area contributed by atoms with Gasteiger partial charge in [0.1, 0.15) is 22.5 Å². The zero-order valence-corrected chi connectivity index (χ0v) is 13.3. The molecule has 0 aromatic carbocycles. The third-order valence-corrected chi connectivity index (χ3v) is 4.10. The molecule has 2 rings (SSSR count). The van der Waals surface area contributed by atoms with Crippen LogP contribution in [0.1, 0.15) is 35.1 Å². The van der Waals surface area contributed by atoms with Crippen molar-refractivity contribution in [3.63, 3.8) is 0 Å². The van der Waals surface area contributed by atoms with E-state index in [4.69, 9.17) is 0 Å². The van der Waals surface area contributed by atoms with Gasteiger partial charge in [-0.25, -0.2) is 15.0 Å². The summed E-state index contributed by atoms with van der Waals surface area (Å²) in [5.74, 6) is 2.54. The van der Waals surface area contributed by atoms with Crippen molar-refractivity contribution in [1.82, 2.24) is 15.0 Å². The van der Waals surface area contributed by atoms with E-state index in [2.05, 4.69) is 39.4 Å². The Hall–Kier alpha value is -1.69. The van der Waals surface area contributed by atoms with Crippen LogP contribution >= 0.6 is 11.3 Å². The number of nitrogens with one attached hydrogen (secondary N) is 2. The molecule has 0 unspecified atom stereocenters. The lowest BCUT2D eigenvalue weighted by atomic mass is 10.3. The van der Waals surface area contributed by atoms with Crippen molar-refractivity contribution in [2.75, 3.05) is 17.2 Å². The molecule has 0 radical (unpaired) electrons. The van der Waals surface area contributed by atoms with E-state index in [0.717, 1.165) is 41.0 Å². The number of thiazole rings is 1. The van der Waals surface area contributed by atoms with Gasteiger partial charge in [0.05, 0.1) is 6.54 Å². The first-order valence-corrected chi connectivity index (χ1v) is 7.72. The Morgan fingerprint density at radius 1 is 1.10 bits per heavy atom. The van der Waals surface area contributed by atoms with E-state index >= 15 is 0 Å². The second-order valence-electron chi connectivity index (χ2n) is 4.55. The van der Waals surface area contributed by atoms with Gasteiger partial charge >= 0.3 is 0 Å². The number of anilines is 2. The first-order valence-electron chi connectivity index (χ1n) is 6.90. The minimum atomic E-state index is 0.702. The number of hydrogen-bond donors (Lipinski definition) is 2. The molecule has 2 aromatic rings. The van der Waals surface area contributed by atoms with Gasteiger partial charge in [-0.1, -0.05) is 6.92 Å². The number of hydrogen-bond acceptors (Lipinski definition) is 6. The smallest absolute Gasteiger partial charge is 0.135 e. The van der Waals surface area contributed by atoms with Gasteiger partial charge in [-0.05, 0) is 27.2 Å². The minimum absolute atomic E-state index is 0.702. The van der Waals surface area contributed by atoms with Crippen LogP contribution in [-0.2, 0) is 13.0 Å². The Bertz CT molecular complexity index is 579. The Morgan fingerprint density at radius 2 is 1.80 bits per heavy atom. The standard InChI is InChI=1S/C14H21N5S/c1-5-11-7-16-12(20-11)8-17-14-9(3)13(15-6-2)18-10(4)19-14/h7H,5-6,8H2,1-4H3,(H2,15,17,18,19). The third kappa shape index (κ3) is 3.45. The predicted molar refractivity (Wildman–Crippen MR) is 84.5 cm³/mol. The maximum atomic E-state index is 4.47. The molecule has 2 N–H and O–H groups in total. The molecule has 5 nitrogen and oxygen atoms in total. The summed E-state index contributed by atoms with van der Waals surface area (Å²) >= 11 is 1.74. The molecule has 20 heavy (non-hydrogen) atoms. The lowest BCUT2D eigenvalue weighted by Crippen LogP contribution is -2.09. The summed E-state index contributed by atoms with van der Waals surface area (Å²) in [7, 11) is 0. The highest BCUT2D eigenvalue weighted by molar-refractivity contribution is 7.11. The Labute approximate surface area is 123 Å². The molecule has 0 bridgehead atoms. The maximum Gasteiger partial charge on any atom is 0.135 e. The summed E-state index contributed by atoms with van der Waals surface area (Å²) in [5, 5.41) is 7.71. The molecule has 0 amide bonds. The molecule has 0 spiro atoms. The van der Waals surface area contributed by atoms with Crippen LogP contribution in [0.3, 0.4) is 0 Å². The molecule has 2 heterocycles. The van der Waals surface area contributed by atoms with Gasteiger partial charge in [0.25, 0.3) is 0 Å². The Balaban J connectivity index is 2.12. The molecule has 0 fully saturated rings. The second-order valence-corrected chi connectivity index (χ2v) is 5.75. The fourth-order valence-corrected chi connectivity index (χ4v) is 2.69. The highest BCUT2D eigenvalue weighted by Gasteiger charge is 2.09. The van der Waals surface area contributed by atoms with Crippen molar-refractivity contribution < 1.29 is 0 Å². The summed E-state index contributed by atoms with van der Waals surface area (Å²) in [6.45, 7) is 9.69. The zero-order valence-electron chi connectivity index (χ0n) is 12.4. The zero-order chi connectivity index (χ0) is 14.5. The van der Waals surface area contributed by atoms with Crippen LogP contribution in [0.2, 0.25) is 0 Å². The highest BCUT2D eigenvalue weighted by atomic mass is 32.1. The second kappa shape index (κ2) is 6.65. The molecule has 0 saturated carbocycles. The SMILES string of the molecule is CCNc1nc(C)nc(NCc2ncc(CC)s2)c1C. The summed E-state index contributed by atoms with van der Waals surface area (Å²) in [5.41, 5.74) is 1.05. The van der Waals surface area contributed by atoms with Crippen molar-refractivity contribution in [3.05, 3.63) is 27.5 Å². The van der Waals surface area contributed by atoms with Crippen LogP contribution in [0.25, 0.3) is 0 Å². The lowest BCUT2D eigenvalue weighted by molar-refractivity contribution is 0.987. The average molecular weight is 291 g/mol. The summed E-state index contributed by atoms with van der Waals surface area (Å²) < 4.78 is 0. The summed E-state index contributed by atoms with van der Waals surface area (Å²) in [6, 6.07) is 0. The molecule has 108 valence electrons. The van der Waals surface area contributed by atoms with Crippen molar-refractivity contribution >= 4 is 23.0 Å². The third-order valence-electron chi connectivity index (χ3n) is 2.96. The van der Waals surface area contributed by atoms with E-state index in [0.29, 0.717) is 6.54 Å². The van der Waals surface area contributed by atoms with Crippen LogP contribution < -0.4 is 10.6 Å². The molecule has 0 aliphatic carbocycles. The fourth-order valence-electron chi connectivity index (χ4n) is 1.89. The van der Waals surface area contributed by atoms with Crippen LogP contribution in [0.15, 0.2) is 6.20 Å². The van der Waals surface area contributed by atoms with Crippen LogP contribution in [0, 0.1) is 13.8 Å². The first kappa shape index (κ1) is 14.7. The number of rotatable bonds is 6. The van der Waals surface area contributed by atoms with Gasteiger partial charge in [0, 0.05) is 23.2 Å². The van der Waals surface area contributed by atoms with E-state index < -0.39 is 0 Å². The Kier molecular flexibility index (Phi) is 4.89. The first-order chi connectivity index (χ1) is 9.63. The van der Waals surface area contributed by atoms with Crippen LogP contribution in [0.5, 0.6) is 0 Å². The molecule has 0 aliphatic rings. The quantitative estimate of drug-likeness (QED) is 0.856. The normalized spacial score (nSPS) is 10.6. The van der Waals surface area contributed by atoms with E-state index in [-0.39, 0.29) is 0 Å². The van der Waals surface area contributed by atoms with Crippen molar-refractivity contribution in [2.24, 2.45) is 0 Å². The van der Waals surface area contributed by atoms with Gasteiger partial charge < -0.3 is 10.6 Å². The van der Waals surface area contributed by atoms with Crippen molar-refractivity contribution in [2.45, 2.75) is 40.7 Å². The fraction of sp³-hybridized carbons (Fsp3) is 0.500. The van der Waals surface area contributed by atoms with E-state index in [1.54, 1.807) is 11.3 Å². The van der Waals surface area contributed by atoms with E-state index in [1.165, 1.54) is 4.88 Å². The Morgan fingerprint density at radius 3 is 2.40 bits per heavy atom. The predicted octanol–water partition coefficient (Wildman–Crippen LogP) is 3.16. The maximum absolute atomic E-state index is 4.47. The highest BCUT2D eigenvalue weighted by Crippen LogP contribution is 2.21. The van der Waals surface area contributed by atoms with Crippen molar-refractivity contribution in [1.29, 1.82) is 0 Å².